The average molecular weight is 446 g/mol. The lowest BCUT2D eigenvalue weighted by Gasteiger charge is -2.31. The minimum Gasteiger partial charge on any atom is -0.478 e. The molecule has 1 aromatic heterocycles. The Hall–Kier alpha value is -3.03. The number of carbonyl (C=O) groups is 2. The zero-order valence-electron chi connectivity index (χ0n) is 20.1. The van der Waals surface area contributed by atoms with E-state index in [9.17, 15) is 14.7 Å². The largest absolute Gasteiger partial charge is 0.478 e. The van der Waals surface area contributed by atoms with E-state index in [1.165, 1.54) is 13.8 Å². The normalized spacial score (nSPS) is 11.7. The van der Waals surface area contributed by atoms with Gasteiger partial charge in [-0.1, -0.05) is 32.9 Å². The molecule has 0 aliphatic rings. The van der Waals surface area contributed by atoms with Crippen molar-refractivity contribution in [3.63, 3.8) is 0 Å². The third kappa shape index (κ3) is 7.28. The molecule has 0 fully saturated rings. The monoisotopic (exact) mass is 445 g/mol. The van der Waals surface area contributed by atoms with E-state index in [1.54, 1.807) is 25.1 Å². The summed E-state index contributed by atoms with van der Waals surface area (Å²) in [6.07, 6.45) is 0.0420. The van der Waals surface area contributed by atoms with E-state index in [2.05, 4.69) is 43.1 Å². The van der Waals surface area contributed by atoms with Gasteiger partial charge in [0.15, 0.2) is 5.60 Å². The number of hydrogen-bond acceptors (Lipinski definition) is 6. The van der Waals surface area contributed by atoms with E-state index in [0.717, 1.165) is 18.8 Å². The maximum absolute atomic E-state index is 12.8. The van der Waals surface area contributed by atoms with Crippen LogP contribution in [0.2, 0.25) is 0 Å². The van der Waals surface area contributed by atoms with E-state index in [0.29, 0.717) is 34.7 Å². The number of aryl methyl sites for hydroxylation is 1. The molecular formula is C24H35N3O5. The molecule has 0 saturated heterocycles. The molecule has 0 saturated carbocycles. The van der Waals surface area contributed by atoms with Gasteiger partial charge in [0.2, 0.25) is 5.91 Å². The average Bonchev–Trinajstić information content (AvgIpc) is 3.04. The minimum atomic E-state index is -1.41. The topological polar surface area (TPSA) is 105 Å². The van der Waals surface area contributed by atoms with Gasteiger partial charge >= 0.3 is 5.97 Å². The Morgan fingerprint density at radius 2 is 1.78 bits per heavy atom. The molecule has 0 radical (unpaired) electrons. The highest BCUT2D eigenvalue weighted by Gasteiger charge is 2.30. The van der Waals surface area contributed by atoms with Crippen molar-refractivity contribution < 1.29 is 24.0 Å². The van der Waals surface area contributed by atoms with Crippen molar-refractivity contribution in [3.8, 4) is 5.75 Å². The van der Waals surface area contributed by atoms with Gasteiger partial charge in [-0.15, -0.1) is 0 Å². The lowest BCUT2D eigenvalue weighted by atomic mass is 10.1. The fourth-order valence-electron chi connectivity index (χ4n) is 3.30. The van der Waals surface area contributed by atoms with Gasteiger partial charge in [0.1, 0.15) is 11.5 Å². The van der Waals surface area contributed by atoms with Crippen LogP contribution in [0.25, 0.3) is 0 Å². The number of rotatable bonds is 11. The maximum Gasteiger partial charge on any atom is 0.347 e. The van der Waals surface area contributed by atoms with Crippen LogP contribution in [0.15, 0.2) is 28.8 Å². The quantitative estimate of drug-likeness (QED) is 0.524. The first-order valence-corrected chi connectivity index (χ1v) is 10.9. The van der Waals surface area contributed by atoms with E-state index in [-0.39, 0.29) is 12.3 Å². The Kier molecular flexibility index (Phi) is 8.30. The summed E-state index contributed by atoms with van der Waals surface area (Å²) in [6.45, 7) is 15.0. The summed E-state index contributed by atoms with van der Waals surface area (Å²) >= 11 is 0. The van der Waals surface area contributed by atoms with Gasteiger partial charge in [-0.05, 0) is 44.7 Å². The van der Waals surface area contributed by atoms with Crippen molar-refractivity contribution >= 4 is 23.3 Å². The van der Waals surface area contributed by atoms with Crippen molar-refractivity contribution in [1.29, 1.82) is 0 Å². The summed E-state index contributed by atoms with van der Waals surface area (Å²) in [5.41, 5.74) is 0.719. The smallest absolute Gasteiger partial charge is 0.347 e. The van der Waals surface area contributed by atoms with Gasteiger partial charge in [-0.25, -0.2) is 4.79 Å². The molecule has 1 amide bonds. The number of nitrogens with one attached hydrogen (secondary N) is 1. The molecule has 2 N–H and O–H groups in total. The molecule has 8 nitrogen and oxygen atoms in total. The third-order valence-electron chi connectivity index (χ3n) is 4.65. The lowest BCUT2D eigenvalue weighted by Crippen LogP contribution is -2.38. The first-order valence-electron chi connectivity index (χ1n) is 10.9. The molecule has 8 heteroatoms. The number of nitrogens with zero attached hydrogens (tertiary/aromatic N) is 2. The predicted octanol–water partition coefficient (Wildman–Crippen LogP) is 4.52. The van der Waals surface area contributed by atoms with E-state index >= 15 is 0 Å². The number of aliphatic carboxylic acids is 1. The summed E-state index contributed by atoms with van der Waals surface area (Å²) in [4.78, 5) is 26.5. The van der Waals surface area contributed by atoms with E-state index in [1.807, 2.05) is 6.07 Å². The van der Waals surface area contributed by atoms with Crippen LogP contribution in [0.5, 0.6) is 5.75 Å². The van der Waals surface area contributed by atoms with Crippen LogP contribution in [0.3, 0.4) is 0 Å². The zero-order valence-corrected chi connectivity index (χ0v) is 20.1. The molecule has 0 unspecified atom stereocenters. The van der Waals surface area contributed by atoms with E-state index < -0.39 is 11.6 Å². The standard InChI is InChI=1S/C24H35N3O5/c1-15(2)13-27(14-16(3)4)21-9-8-18(31-24(6,7)23(29)30)11-20(21)25-22(28)12-19-10-17(5)26-32-19/h8-11,15-16H,12-14H2,1-7H3,(H,25,28)(H,29,30). The Bertz CT molecular complexity index is 923. The summed E-state index contributed by atoms with van der Waals surface area (Å²) < 4.78 is 10.9. The number of carboxylic acid groups (broad SMARTS) is 1. The highest BCUT2D eigenvalue weighted by atomic mass is 16.5. The van der Waals surface area contributed by atoms with Crippen molar-refractivity contribution in [2.75, 3.05) is 23.3 Å². The molecule has 0 aliphatic carbocycles. The number of ether oxygens (including phenoxy) is 1. The molecule has 0 atom stereocenters. The van der Waals surface area contributed by atoms with Gasteiger partial charge in [-0.3, -0.25) is 4.79 Å². The Morgan fingerprint density at radius 3 is 2.28 bits per heavy atom. The summed E-state index contributed by atoms with van der Waals surface area (Å²) in [5.74, 6) is 0.330. The van der Waals surface area contributed by atoms with E-state index in [4.69, 9.17) is 9.26 Å². The van der Waals surface area contributed by atoms with Gasteiger partial charge in [0.25, 0.3) is 0 Å². The molecule has 1 heterocycles. The van der Waals surface area contributed by atoms with Crippen LogP contribution < -0.4 is 15.0 Å². The second-order valence-electron chi connectivity index (χ2n) is 9.45. The Labute approximate surface area is 189 Å². The summed E-state index contributed by atoms with van der Waals surface area (Å²) in [7, 11) is 0. The zero-order chi connectivity index (χ0) is 24.1. The van der Waals surface area contributed by atoms with Crippen LogP contribution in [-0.4, -0.2) is 40.8 Å². The van der Waals surface area contributed by atoms with Crippen LogP contribution in [-0.2, 0) is 16.0 Å². The molecule has 32 heavy (non-hydrogen) atoms. The Morgan fingerprint density at radius 1 is 1.16 bits per heavy atom. The van der Waals surface area contributed by atoms with Crippen molar-refractivity contribution in [2.45, 2.75) is 60.5 Å². The molecular weight excluding hydrogens is 410 g/mol. The molecule has 0 spiro atoms. The molecule has 2 aromatic rings. The second-order valence-corrected chi connectivity index (χ2v) is 9.45. The van der Waals surface area contributed by atoms with Crippen LogP contribution in [0.4, 0.5) is 11.4 Å². The number of anilines is 2. The van der Waals surface area contributed by atoms with Crippen LogP contribution >= 0.6 is 0 Å². The number of benzene rings is 1. The Balaban J connectivity index is 2.39. The fraction of sp³-hybridized carbons (Fsp3) is 0.542. The highest BCUT2D eigenvalue weighted by Crippen LogP contribution is 2.33. The van der Waals surface area contributed by atoms with Crippen LogP contribution in [0.1, 0.15) is 53.0 Å². The minimum absolute atomic E-state index is 0.0420. The van der Waals surface area contributed by atoms with Crippen molar-refractivity contribution in [1.82, 2.24) is 5.16 Å². The highest BCUT2D eigenvalue weighted by molar-refractivity contribution is 5.95. The maximum atomic E-state index is 12.8. The molecule has 176 valence electrons. The molecule has 0 aliphatic heterocycles. The number of carboxylic acids is 1. The molecule has 1 aromatic carbocycles. The van der Waals surface area contributed by atoms with Crippen LogP contribution in [0, 0.1) is 18.8 Å². The predicted molar refractivity (Wildman–Crippen MR) is 124 cm³/mol. The van der Waals surface area contributed by atoms with Gasteiger partial charge in [-0.2, -0.15) is 0 Å². The fourth-order valence-corrected chi connectivity index (χ4v) is 3.30. The first-order chi connectivity index (χ1) is 14.9. The molecule has 2 rings (SSSR count). The third-order valence-corrected chi connectivity index (χ3v) is 4.65. The SMILES string of the molecule is Cc1cc(CC(=O)Nc2cc(OC(C)(C)C(=O)O)ccc2N(CC(C)C)CC(C)C)on1. The van der Waals surface area contributed by atoms with Gasteiger partial charge in [0, 0.05) is 25.2 Å². The number of amides is 1. The first kappa shape index (κ1) is 25.2. The summed E-state index contributed by atoms with van der Waals surface area (Å²) in [5, 5.41) is 16.2. The van der Waals surface area contributed by atoms with Gasteiger partial charge < -0.3 is 24.6 Å². The summed E-state index contributed by atoms with van der Waals surface area (Å²) in [6, 6.07) is 7.01. The molecule has 0 bridgehead atoms. The number of carbonyl (C=O) groups excluding carboxylic acids is 1. The number of hydrogen-bond donors (Lipinski definition) is 2. The van der Waals surface area contributed by atoms with Crippen molar-refractivity contribution in [2.24, 2.45) is 11.8 Å². The number of aromatic nitrogens is 1. The van der Waals surface area contributed by atoms with Gasteiger partial charge in [0.05, 0.1) is 23.5 Å². The second kappa shape index (κ2) is 10.5. The lowest BCUT2D eigenvalue weighted by molar-refractivity contribution is -0.152. The van der Waals surface area contributed by atoms with Crippen molar-refractivity contribution in [3.05, 3.63) is 35.7 Å².